The van der Waals surface area contributed by atoms with E-state index in [1.807, 2.05) is 13.0 Å². The molecule has 0 saturated carbocycles. The summed E-state index contributed by atoms with van der Waals surface area (Å²) < 4.78 is 24.0. The second-order valence-corrected chi connectivity index (χ2v) is 6.33. The van der Waals surface area contributed by atoms with Gasteiger partial charge in [-0.15, -0.1) is 12.3 Å². The maximum Gasteiger partial charge on any atom is 0.179 e. The van der Waals surface area contributed by atoms with Gasteiger partial charge in [0.05, 0.1) is 22.3 Å². The third-order valence-electron chi connectivity index (χ3n) is 2.63. The van der Waals surface area contributed by atoms with Crippen LogP contribution in [0.2, 0.25) is 0 Å². The number of rotatable bonds is 6. The number of terminal acetylenes is 1. The molecule has 1 aromatic carbocycles. The standard InChI is InChI=1S/C14H16N2O2S/c1-3-4-12(2)16-9-10-19(17,18)14-7-5-13(11-15)6-8-14/h1,5-8,12,16H,4,9-10H2,2H3. The lowest BCUT2D eigenvalue weighted by Crippen LogP contribution is -2.30. The van der Waals surface area contributed by atoms with E-state index in [-0.39, 0.29) is 16.7 Å². The number of hydrogen-bond donors (Lipinski definition) is 1. The lowest BCUT2D eigenvalue weighted by Gasteiger charge is -2.10. The van der Waals surface area contributed by atoms with E-state index in [0.29, 0.717) is 18.5 Å². The molecule has 0 bridgehead atoms. The minimum Gasteiger partial charge on any atom is -0.312 e. The summed E-state index contributed by atoms with van der Waals surface area (Å²) in [5, 5.41) is 11.7. The van der Waals surface area contributed by atoms with Crippen molar-refractivity contribution in [3.05, 3.63) is 29.8 Å². The molecule has 0 aromatic heterocycles. The van der Waals surface area contributed by atoms with Crippen LogP contribution in [0, 0.1) is 23.7 Å². The van der Waals surface area contributed by atoms with Gasteiger partial charge >= 0.3 is 0 Å². The molecule has 1 aromatic rings. The molecule has 1 atom stereocenters. The van der Waals surface area contributed by atoms with E-state index in [1.54, 1.807) is 0 Å². The second-order valence-electron chi connectivity index (χ2n) is 4.22. The van der Waals surface area contributed by atoms with E-state index in [1.165, 1.54) is 24.3 Å². The molecule has 1 N–H and O–H groups in total. The zero-order chi connectivity index (χ0) is 14.3. The van der Waals surface area contributed by atoms with Crippen LogP contribution < -0.4 is 5.32 Å². The predicted octanol–water partition coefficient (Wildman–Crippen LogP) is 1.33. The van der Waals surface area contributed by atoms with Gasteiger partial charge in [0.1, 0.15) is 0 Å². The van der Waals surface area contributed by atoms with Gasteiger partial charge in [-0.1, -0.05) is 0 Å². The highest BCUT2D eigenvalue weighted by molar-refractivity contribution is 7.91. The fourth-order valence-electron chi connectivity index (χ4n) is 1.54. The summed E-state index contributed by atoms with van der Waals surface area (Å²) in [5.74, 6) is 2.52. The molecule has 5 heteroatoms. The van der Waals surface area contributed by atoms with Gasteiger partial charge < -0.3 is 5.32 Å². The van der Waals surface area contributed by atoms with Crippen LogP contribution in [0.3, 0.4) is 0 Å². The second kappa shape index (κ2) is 6.94. The third-order valence-corrected chi connectivity index (χ3v) is 4.36. The van der Waals surface area contributed by atoms with E-state index in [0.717, 1.165) is 0 Å². The van der Waals surface area contributed by atoms with Crippen LogP contribution in [0.1, 0.15) is 18.9 Å². The fraction of sp³-hybridized carbons (Fsp3) is 0.357. The first-order valence-electron chi connectivity index (χ1n) is 5.89. The first kappa shape index (κ1) is 15.2. The molecular weight excluding hydrogens is 260 g/mol. The average Bonchev–Trinajstić information content (AvgIpc) is 2.39. The SMILES string of the molecule is C#CCC(C)NCCS(=O)(=O)c1ccc(C#N)cc1. The van der Waals surface area contributed by atoms with Gasteiger partial charge in [0, 0.05) is 19.0 Å². The zero-order valence-corrected chi connectivity index (χ0v) is 11.6. The van der Waals surface area contributed by atoms with Crippen molar-refractivity contribution in [2.45, 2.75) is 24.3 Å². The van der Waals surface area contributed by atoms with Crippen molar-refractivity contribution in [3.8, 4) is 18.4 Å². The summed E-state index contributed by atoms with van der Waals surface area (Å²) in [6.45, 7) is 2.26. The van der Waals surface area contributed by atoms with Gasteiger partial charge in [0.15, 0.2) is 9.84 Å². The van der Waals surface area contributed by atoms with Crippen molar-refractivity contribution in [3.63, 3.8) is 0 Å². The van der Waals surface area contributed by atoms with E-state index in [2.05, 4.69) is 11.2 Å². The van der Waals surface area contributed by atoms with Gasteiger partial charge in [-0.2, -0.15) is 5.26 Å². The monoisotopic (exact) mass is 276 g/mol. The van der Waals surface area contributed by atoms with E-state index in [4.69, 9.17) is 11.7 Å². The van der Waals surface area contributed by atoms with E-state index in [9.17, 15) is 8.42 Å². The van der Waals surface area contributed by atoms with Gasteiger partial charge in [-0.25, -0.2) is 8.42 Å². The topological polar surface area (TPSA) is 70.0 Å². The Hall–Kier alpha value is -1.82. The predicted molar refractivity (Wildman–Crippen MR) is 74.1 cm³/mol. The van der Waals surface area contributed by atoms with Crippen molar-refractivity contribution in [1.29, 1.82) is 5.26 Å². The molecule has 0 aliphatic rings. The molecule has 4 nitrogen and oxygen atoms in total. The number of nitrogens with zero attached hydrogens (tertiary/aromatic N) is 1. The van der Waals surface area contributed by atoms with Crippen LogP contribution in [0.15, 0.2) is 29.2 Å². The van der Waals surface area contributed by atoms with Crippen LogP contribution in [0.5, 0.6) is 0 Å². The summed E-state index contributed by atoms with van der Waals surface area (Å²) in [7, 11) is -3.32. The van der Waals surface area contributed by atoms with Gasteiger partial charge in [0.25, 0.3) is 0 Å². The normalized spacial score (nSPS) is 12.4. The summed E-state index contributed by atoms with van der Waals surface area (Å²) in [6, 6.07) is 7.97. The first-order chi connectivity index (χ1) is 8.99. The molecule has 19 heavy (non-hydrogen) atoms. The minimum absolute atomic E-state index is 0.00775. The highest BCUT2D eigenvalue weighted by Crippen LogP contribution is 2.11. The third kappa shape index (κ3) is 4.75. The van der Waals surface area contributed by atoms with Crippen LogP contribution in [-0.2, 0) is 9.84 Å². The molecule has 0 fully saturated rings. The minimum atomic E-state index is -3.32. The Balaban J connectivity index is 2.61. The summed E-state index contributed by atoms with van der Waals surface area (Å²) >= 11 is 0. The van der Waals surface area contributed by atoms with Gasteiger partial charge in [-0.3, -0.25) is 0 Å². The number of benzene rings is 1. The molecule has 0 aliphatic carbocycles. The largest absolute Gasteiger partial charge is 0.312 e. The van der Waals surface area contributed by atoms with Crippen molar-refractivity contribution in [1.82, 2.24) is 5.32 Å². The summed E-state index contributed by atoms with van der Waals surface area (Å²) in [4.78, 5) is 0.234. The molecule has 1 unspecified atom stereocenters. The molecule has 0 spiro atoms. The molecule has 0 radical (unpaired) electrons. The van der Waals surface area contributed by atoms with Crippen LogP contribution in [0.25, 0.3) is 0 Å². The number of nitrogens with one attached hydrogen (secondary N) is 1. The number of sulfone groups is 1. The van der Waals surface area contributed by atoms with Crippen molar-refractivity contribution in [2.24, 2.45) is 0 Å². The molecule has 0 amide bonds. The Bertz CT molecular complexity index is 592. The maximum atomic E-state index is 12.0. The van der Waals surface area contributed by atoms with Crippen molar-refractivity contribution >= 4 is 9.84 Å². The zero-order valence-electron chi connectivity index (χ0n) is 10.8. The van der Waals surface area contributed by atoms with Gasteiger partial charge in [-0.05, 0) is 31.2 Å². The van der Waals surface area contributed by atoms with Crippen LogP contribution in [0.4, 0.5) is 0 Å². The molecular formula is C14H16N2O2S. The number of hydrogen-bond acceptors (Lipinski definition) is 4. The lowest BCUT2D eigenvalue weighted by molar-refractivity contribution is 0.564. The first-order valence-corrected chi connectivity index (χ1v) is 7.54. The van der Waals surface area contributed by atoms with E-state index >= 15 is 0 Å². The molecule has 100 valence electrons. The summed E-state index contributed by atoms with van der Waals surface area (Å²) in [6.07, 6.45) is 5.74. The van der Waals surface area contributed by atoms with Gasteiger partial charge in [0.2, 0.25) is 0 Å². The Morgan fingerprint density at radius 1 is 1.37 bits per heavy atom. The maximum absolute atomic E-state index is 12.0. The Morgan fingerprint density at radius 3 is 2.53 bits per heavy atom. The Labute approximate surface area is 114 Å². The molecule has 0 heterocycles. The molecule has 0 saturated heterocycles. The highest BCUT2D eigenvalue weighted by Gasteiger charge is 2.14. The molecule has 1 rings (SSSR count). The smallest absolute Gasteiger partial charge is 0.179 e. The molecule has 0 aliphatic heterocycles. The van der Waals surface area contributed by atoms with E-state index < -0.39 is 9.84 Å². The van der Waals surface area contributed by atoms with Crippen molar-refractivity contribution in [2.75, 3.05) is 12.3 Å². The Morgan fingerprint density at radius 2 is 2.00 bits per heavy atom. The lowest BCUT2D eigenvalue weighted by atomic mass is 10.2. The fourth-order valence-corrected chi connectivity index (χ4v) is 2.72. The Kier molecular flexibility index (Phi) is 5.57. The average molecular weight is 276 g/mol. The highest BCUT2D eigenvalue weighted by atomic mass is 32.2. The van der Waals surface area contributed by atoms with Crippen molar-refractivity contribution < 1.29 is 8.42 Å². The van der Waals surface area contributed by atoms with Crippen LogP contribution >= 0.6 is 0 Å². The van der Waals surface area contributed by atoms with Crippen LogP contribution in [-0.4, -0.2) is 26.8 Å². The summed E-state index contributed by atoms with van der Waals surface area (Å²) in [5.41, 5.74) is 0.444. The number of nitriles is 1. The quantitative estimate of drug-likeness (QED) is 0.796.